The van der Waals surface area contributed by atoms with Gasteiger partial charge in [0.05, 0.1) is 11.9 Å². The van der Waals surface area contributed by atoms with Crippen LogP contribution >= 0.6 is 0 Å². The van der Waals surface area contributed by atoms with Gasteiger partial charge in [-0.3, -0.25) is 4.79 Å². The highest BCUT2D eigenvalue weighted by Gasteiger charge is 2.10. The quantitative estimate of drug-likeness (QED) is 0.675. The molecule has 2 N–H and O–H groups in total. The van der Waals surface area contributed by atoms with Crippen molar-refractivity contribution in [3.05, 3.63) is 89.4 Å². The van der Waals surface area contributed by atoms with E-state index in [9.17, 15) is 18.0 Å². The summed E-state index contributed by atoms with van der Waals surface area (Å²) >= 11 is 0. The molecule has 0 saturated heterocycles. The smallest absolute Gasteiger partial charge is 0.256 e. The van der Waals surface area contributed by atoms with E-state index in [2.05, 4.69) is 15.6 Å². The Balaban J connectivity index is 1.54. The van der Waals surface area contributed by atoms with Gasteiger partial charge in [-0.1, -0.05) is 18.2 Å². The molecule has 0 atom stereocenters. The van der Waals surface area contributed by atoms with Crippen molar-refractivity contribution in [2.24, 2.45) is 0 Å². The summed E-state index contributed by atoms with van der Waals surface area (Å²) in [6, 6.07) is 12.7. The molecule has 0 bridgehead atoms. The third-order valence-corrected chi connectivity index (χ3v) is 3.87. The minimum atomic E-state index is -1.09. The summed E-state index contributed by atoms with van der Waals surface area (Å²) in [4.78, 5) is 16.1. The molecule has 3 rings (SSSR count). The molecule has 1 amide bonds. The summed E-state index contributed by atoms with van der Waals surface area (Å²) < 4.78 is 39.7. The molecule has 0 spiro atoms. The van der Waals surface area contributed by atoms with E-state index in [1.807, 2.05) is 0 Å². The lowest BCUT2D eigenvalue weighted by molar-refractivity contribution is 0.102. The number of nitrogens with one attached hydrogen (secondary N) is 2. The van der Waals surface area contributed by atoms with Crippen LogP contribution in [0, 0.1) is 17.5 Å². The summed E-state index contributed by atoms with van der Waals surface area (Å²) in [5.74, 6) is -2.68. The van der Waals surface area contributed by atoms with Gasteiger partial charge in [0.25, 0.3) is 5.91 Å². The Morgan fingerprint density at radius 2 is 1.74 bits per heavy atom. The SMILES string of the molecule is O=C(Nc1ccc(NCCc2ccccc2F)cn1)c1ccc(F)c(F)c1. The number of carbonyl (C=O) groups excluding carboxylic acids is 1. The van der Waals surface area contributed by atoms with Crippen molar-refractivity contribution in [3.63, 3.8) is 0 Å². The first-order valence-corrected chi connectivity index (χ1v) is 8.22. The minimum Gasteiger partial charge on any atom is -0.383 e. The van der Waals surface area contributed by atoms with Crippen molar-refractivity contribution in [1.29, 1.82) is 0 Å². The van der Waals surface area contributed by atoms with Gasteiger partial charge in [0.2, 0.25) is 0 Å². The molecule has 0 unspecified atom stereocenters. The second-order valence-corrected chi connectivity index (χ2v) is 5.78. The fourth-order valence-electron chi connectivity index (χ4n) is 2.44. The van der Waals surface area contributed by atoms with Crippen LogP contribution in [0.3, 0.4) is 0 Å². The van der Waals surface area contributed by atoms with Crippen LogP contribution in [0.25, 0.3) is 0 Å². The zero-order valence-corrected chi connectivity index (χ0v) is 14.2. The molecular formula is C20H16F3N3O. The van der Waals surface area contributed by atoms with Crippen LogP contribution in [0.4, 0.5) is 24.7 Å². The van der Waals surface area contributed by atoms with Crippen LogP contribution in [0.15, 0.2) is 60.8 Å². The molecule has 1 aromatic heterocycles. The van der Waals surface area contributed by atoms with Crippen LogP contribution in [0.1, 0.15) is 15.9 Å². The van der Waals surface area contributed by atoms with Crippen molar-refractivity contribution >= 4 is 17.4 Å². The van der Waals surface area contributed by atoms with Gasteiger partial charge in [-0.25, -0.2) is 18.2 Å². The first kappa shape index (κ1) is 18.4. The number of pyridine rings is 1. The maximum atomic E-state index is 13.6. The van der Waals surface area contributed by atoms with Crippen molar-refractivity contribution in [3.8, 4) is 0 Å². The number of aromatic nitrogens is 1. The molecule has 2 aromatic carbocycles. The number of benzene rings is 2. The lowest BCUT2D eigenvalue weighted by atomic mass is 10.1. The van der Waals surface area contributed by atoms with E-state index in [1.165, 1.54) is 18.3 Å². The number of halogens is 3. The third-order valence-electron chi connectivity index (χ3n) is 3.87. The van der Waals surface area contributed by atoms with Gasteiger partial charge in [0.1, 0.15) is 11.6 Å². The zero-order valence-electron chi connectivity index (χ0n) is 14.2. The van der Waals surface area contributed by atoms with Gasteiger partial charge < -0.3 is 10.6 Å². The first-order valence-electron chi connectivity index (χ1n) is 8.22. The number of hydrogen-bond acceptors (Lipinski definition) is 3. The molecular weight excluding hydrogens is 355 g/mol. The van der Waals surface area contributed by atoms with Crippen LogP contribution in [-0.4, -0.2) is 17.4 Å². The molecule has 27 heavy (non-hydrogen) atoms. The second-order valence-electron chi connectivity index (χ2n) is 5.78. The average Bonchev–Trinajstić information content (AvgIpc) is 2.67. The van der Waals surface area contributed by atoms with Crippen molar-refractivity contribution < 1.29 is 18.0 Å². The standard InChI is InChI=1S/C20H16F3N3O/c21-16-4-2-1-3-13(16)9-10-24-15-6-8-19(25-12-15)26-20(27)14-5-7-17(22)18(23)11-14/h1-8,11-12,24H,9-10H2,(H,25,26,27). The second kappa shape index (κ2) is 8.35. The maximum Gasteiger partial charge on any atom is 0.256 e. The van der Waals surface area contributed by atoms with Crippen LogP contribution in [-0.2, 0) is 6.42 Å². The van der Waals surface area contributed by atoms with E-state index >= 15 is 0 Å². The molecule has 138 valence electrons. The molecule has 1 heterocycles. The van der Waals surface area contributed by atoms with Crippen molar-refractivity contribution in [1.82, 2.24) is 4.98 Å². The number of hydrogen-bond donors (Lipinski definition) is 2. The topological polar surface area (TPSA) is 54.0 Å². The van der Waals surface area contributed by atoms with Crippen molar-refractivity contribution in [2.75, 3.05) is 17.2 Å². The summed E-state index contributed by atoms with van der Waals surface area (Å²) in [7, 11) is 0. The normalized spacial score (nSPS) is 10.5. The van der Waals surface area contributed by atoms with E-state index in [1.54, 1.807) is 30.3 Å². The highest BCUT2D eigenvalue weighted by molar-refractivity contribution is 6.03. The first-order chi connectivity index (χ1) is 13.0. The fourth-order valence-corrected chi connectivity index (χ4v) is 2.44. The Kier molecular flexibility index (Phi) is 5.71. The predicted molar refractivity (Wildman–Crippen MR) is 97.1 cm³/mol. The molecule has 7 heteroatoms. The Bertz CT molecular complexity index is 945. The highest BCUT2D eigenvalue weighted by atomic mass is 19.2. The predicted octanol–water partition coefficient (Wildman–Crippen LogP) is 4.41. The Labute approximate surface area is 154 Å². The van der Waals surface area contributed by atoms with Gasteiger partial charge in [-0.15, -0.1) is 0 Å². The Hall–Kier alpha value is -3.35. The molecule has 3 aromatic rings. The zero-order chi connectivity index (χ0) is 19.2. The third kappa shape index (κ3) is 4.84. The van der Waals surface area contributed by atoms with Gasteiger partial charge in [-0.2, -0.15) is 0 Å². The Morgan fingerprint density at radius 1 is 0.926 bits per heavy atom. The van der Waals surface area contributed by atoms with Gasteiger partial charge in [0.15, 0.2) is 11.6 Å². The summed E-state index contributed by atoms with van der Waals surface area (Å²) in [5.41, 5.74) is 1.31. The lowest BCUT2D eigenvalue weighted by Gasteiger charge is -2.09. The van der Waals surface area contributed by atoms with E-state index in [0.29, 0.717) is 24.2 Å². The number of nitrogens with zero attached hydrogens (tertiary/aromatic N) is 1. The molecule has 0 aliphatic carbocycles. The minimum absolute atomic E-state index is 0.0113. The van der Waals surface area contributed by atoms with Crippen LogP contribution in [0.5, 0.6) is 0 Å². The largest absolute Gasteiger partial charge is 0.383 e. The molecule has 4 nitrogen and oxygen atoms in total. The molecule has 0 aliphatic rings. The summed E-state index contributed by atoms with van der Waals surface area (Å²) in [5, 5.41) is 5.62. The van der Waals surface area contributed by atoms with Gasteiger partial charge in [-0.05, 0) is 48.4 Å². The van der Waals surface area contributed by atoms with Crippen molar-refractivity contribution in [2.45, 2.75) is 6.42 Å². The molecule has 0 saturated carbocycles. The van der Waals surface area contributed by atoms with Crippen LogP contribution < -0.4 is 10.6 Å². The van der Waals surface area contributed by atoms with Gasteiger partial charge >= 0.3 is 0 Å². The monoisotopic (exact) mass is 371 g/mol. The number of rotatable bonds is 6. The van der Waals surface area contributed by atoms with E-state index < -0.39 is 17.5 Å². The lowest BCUT2D eigenvalue weighted by Crippen LogP contribution is -2.13. The van der Waals surface area contributed by atoms with E-state index in [-0.39, 0.29) is 17.2 Å². The summed E-state index contributed by atoms with van der Waals surface area (Å²) in [6.45, 7) is 0.517. The molecule has 0 radical (unpaired) electrons. The van der Waals surface area contributed by atoms with Gasteiger partial charge in [0, 0.05) is 12.1 Å². The average molecular weight is 371 g/mol. The summed E-state index contributed by atoms with van der Waals surface area (Å²) in [6.07, 6.45) is 2.03. The number of anilines is 2. The van der Waals surface area contributed by atoms with E-state index in [0.717, 1.165) is 12.1 Å². The van der Waals surface area contributed by atoms with E-state index in [4.69, 9.17) is 0 Å². The Morgan fingerprint density at radius 3 is 2.44 bits per heavy atom. The highest BCUT2D eigenvalue weighted by Crippen LogP contribution is 2.14. The maximum absolute atomic E-state index is 13.6. The number of amides is 1. The molecule has 0 fully saturated rings. The fraction of sp³-hybridized carbons (Fsp3) is 0.100. The molecule has 0 aliphatic heterocycles. The number of carbonyl (C=O) groups is 1. The van der Waals surface area contributed by atoms with Crippen LogP contribution in [0.2, 0.25) is 0 Å².